The van der Waals surface area contributed by atoms with Gasteiger partial charge in [-0.25, -0.2) is 4.79 Å². The monoisotopic (exact) mass is 352 g/mol. The molecule has 2 N–H and O–H groups in total. The van der Waals surface area contributed by atoms with E-state index in [9.17, 15) is 9.59 Å². The molecule has 0 radical (unpaired) electrons. The van der Waals surface area contributed by atoms with E-state index in [-0.39, 0.29) is 5.91 Å². The van der Waals surface area contributed by atoms with Gasteiger partial charge in [-0.2, -0.15) is 0 Å². The van der Waals surface area contributed by atoms with E-state index in [4.69, 9.17) is 4.74 Å². The molecule has 2 rings (SSSR count). The first-order valence-corrected chi connectivity index (χ1v) is 9.36. The molecule has 0 spiro atoms. The van der Waals surface area contributed by atoms with Gasteiger partial charge in [-0.05, 0) is 64.3 Å². The van der Waals surface area contributed by atoms with Crippen LogP contribution in [-0.2, 0) is 16.0 Å². The Bertz CT molecular complexity index is 561. The topological polar surface area (TPSA) is 67.4 Å². The number of hydrogen-bond donors (Lipinski definition) is 2. The van der Waals surface area contributed by atoms with Crippen LogP contribution >= 0.6 is 11.3 Å². The minimum Gasteiger partial charge on any atom is -0.444 e. The first-order chi connectivity index (χ1) is 11.2. The van der Waals surface area contributed by atoms with Gasteiger partial charge in [0, 0.05) is 17.8 Å². The SMILES string of the molecule is CC(C)(C)OC(=O)NCC(C)(NC(=O)CCc1cccs1)C1CC1. The molecule has 1 fully saturated rings. The predicted octanol–water partition coefficient (Wildman–Crippen LogP) is 3.49. The molecule has 1 heterocycles. The number of amides is 2. The van der Waals surface area contributed by atoms with Crippen LogP contribution in [0.3, 0.4) is 0 Å². The van der Waals surface area contributed by atoms with Gasteiger partial charge in [0.1, 0.15) is 5.60 Å². The van der Waals surface area contributed by atoms with Gasteiger partial charge in [0.2, 0.25) is 5.91 Å². The quantitative estimate of drug-likeness (QED) is 0.789. The van der Waals surface area contributed by atoms with Crippen LogP contribution in [0.4, 0.5) is 4.79 Å². The molecule has 0 aromatic carbocycles. The van der Waals surface area contributed by atoms with Crippen molar-refractivity contribution in [2.45, 2.75) is 64.5 Å². The average molecular weight is 353 g/mol. The van der Waals surface area contributed by atoms with Gasteiger partial charge in [-0.1, -0.05) is 6.07 Å². The summed E-state index contributed by atoms with van der Waals surface area (Å²) in [4.78, 5) is 25.4. The third-order valence-electron chi connectivity index (χ3n) is 4.08. The molecule has 0 bridgehead atoms. The molecule has 1 aliphatic carbocycles. The van der Waals surface area contributed by atoms with E-state index < -0.39 is 17.2 Å². The summed E-state index contributed by atoms with van der Waals surface area (Å²) in [6.07, 6.45) is 2.94. The lowest BCUT2D eigenvalue weighted by atomic mass is 9.95. The van der Waals surface area contributed by atoms with Gasteiger partial charge in [0.15, 0.2) is 0 Å². The highest BCUT2D eigenvalue weighted by Gasteiger charge is 2.42. The molecule has 2 amide bonds. The molecular formula is C18H28N2O3S. The van der Waals surface area contributed by atoms with Crippen LogP contribution < -0.4 is 10.6 Å². The van der Waals surface area contributed by atoms with Crippen molar-refractivity contribution < 1.29 is 14.3 Å². The highest BCUT2D eigenvalue weighted by atomic mass is 32.1. The molecule has 134 valence electrons. The number of nitrogens with one attached hydrogen (secondary N) is 2. The Hall–Kier alpha value is -1.56. The average Bonchev–Trinajstić information content (AvgIpc) is 3.20. The Morgan fingerprint density at radius 2 is 2.00 bits per heavy atom. The lowest BCUT2D eigenvalue weighted by Crippen LogP contribution is -2.55. The van der Waals surface area contributed by atoms with E-state index >= 15 is 0 Å². The molecule has 5 nitrogen and oxygen atoms in total. The Balaban J connectivity index is 1.83. The number of carbonyl (C=O) groups is 2. The number of carbonyl (C=O) groups excluding carboxylic acids is 2. The second-order valence-corrected chi connectivity index (χ2v) is 8.71. The summed E-state index contributed by atoms with van der Waals surface area (Å²) < 4.78 is 5.27. The zero-order valence-electron chi connectivity index (χ0n) is 15.0. The van der Waals surface area contributed by atoms with Gasteiger partial charge in [-0.15, -0.1) is 11.3 Å². The maximum absolute atomic E-state index is 12.3. The first-order valence-electron chi connectivity index (χ1n) is 8.48. The molecule has 1 aromatic heterocycles. The third-order valence-corrected chi connectivity index (χ3v) is 5.02. The van der Waals surface area contributed by atoms with Crippen molar-refractivity contribution in [3.63, 3.8) is 0 Å². The van der Waals surface area contributed by atoms with Crippen molar-refractivity contribution in [1.82, 2.24) is 10.6 Å². The van der Waals surface area contributed by atoms with E-state index in [1.165, 1.54) is 4.88 Å². The van der Waals surface area contributed by atoms with Crippen LogP contribution in [-0.4, -0.2) is 29.7 Å². The van der Waals surface area contributed by atoms with Gasteiger partial charge in [0.25, 0.3) is 0 Å². The minimum atomic E-state index is -0.524. The molecule has 1 aromatic rings. The van der Waals surface area contributed by atoms with Gasteiger partial charge in [0.05, 0.1) is 5.54 Å². The third kappa shape index (κ3) is 6.15. The normalized spacial score (nSPS) is 17.0. The standard InChI is InChI=1S/C18H28N2O3S/c1-17(2,3)23-16(22)19-12-18(4,13-7-8-13)20-15(21)10-9-14-6-5-11-24-14/h5-6,11,13H,7-10,12H2,1-4H3,(H,19,22)(H,20,21). The van der Waals surface area contributed by atoms with Gasteiger partial charge < -0.3 is 15.4 Å². The molecule has 0 saturated heterocycles. The summed E-state index contributed by atoms with van der Waals surface area (Å²) in [5.41, 5.74) is -0.937. The van der Waals surface area contributed by atoms with Crippen molar-refractivity contribution in [2.24, 2.45) is 5.92 Å². The first kappa shape index (κ1) is 18.8. The lowest BCUT2D eigenvalue weighted by molar-refractivity contribution is -0.123. The van der Waals surface area contributed by atoms with E-state index in [2.05, 4.69) is 10.6 Å². The smallest absolute Gasteiger partial charge is 0.407 e. The summed E-state index contributed by atoms with van der Waals surface area (Å²) in [5, 5.41) is 7.95. The highest BCUT2D eigenvalue weighted by Crippen LogP contribution is 2.39. The van der Waals surface area contributed by atoms with Crippen molar-refractivity contribution in [3.8, 4) is 0 Å². The summed E-state index contributed by atoms with van der Waals surface area (Å²) in [7, 11) is 0. The van der Waals surface area contributed by atoms with E-state index in [1.54, 1.807) is 11.3 Å². The molecular weight excluding hydrogens is 324 g/mol. The molecule has 1 atom stereocenters. The fourth-order valence-electron chi connectivity index (χ4n) is 2.65. The molecule has 6 heteroatoms. The molecule has 24 heavy (non-hydrogen) atoms. The lowest BCUT2D eigenvalue weighted by Gasteiger charge is -2.32. The van der Waals surface area contributed by atoms with Crippen LogP contribution in [0, 0.1) is 5.92 Å². The molecule has 0 aliphatic heterocycles. The molecule has 1 saturated carbocycles. The maximum Gasteiger partial charge on any atom is 0.407 e. The van der Waals surface area contributed by atoms with Gasteiger partial charge in [-0.3, -0.25) is 4.79 Å². The largest absolute Gasteiger partial charge is 0.444 e. The van der Waals surface area contributed by atoms with Crippen LogP contribution in [0.15, 0.2) is 17.5 Å². The fraction of sp³-hybridized carbons (Fsp3) is 0.667. The minimum absolute atomic E-state index is 0.0313. The Morgan fingerprint density at radius 1 is 1.29 bits per heavy atom. The van der Waals surface area contributed by atoms with E-state index in [0.29, 0.717) is 18.9 Å². The summed E-state index contributed by atoms with van der Waals surface area (Å²) in [5.74, 6) is 0.446. The second kappa shape index (κ2) is 7.55. The highest BCUT2D eigenvalue weighted by molar-refractivity contribution is 7.09. The van der Waals surface area contributed by atoms with Crippen LogP contribution in [0.2, 0.25) is 0 Å². The number of ether oxygens (including phenoxy) is 1. The molecule has 1 aliphatic rings. The summed E-state index contributed by atoms with van der Waals surface area (Å²) >= 11 is 1.67. The van der Waals surface area contributed by atoms with Crippen LogP contribution in [0.1, 0.15) is 51.8 Å². The summed E-state index contributed by atoms with van der Waals surface area (Å²) in [6, 6.07) is 4.04. The maximum atomic E-state index is 12.3. The van der Waals surface area contributed by atoms with E-state index in [0.717, 1.165) is 19.3 Å². The van der Waals surface area contributed by atoms with Crippen LogP contribution in [0.25, 0.3) is 0 Å². The predicted molar refractivity (Wildman–Crippen MR) is 96.1 cm³/mol. The summed E-state index contributed by atoms with van der Waals surface area (Å²) in [6.45, 7) is 7.89. The molecule has 1 unspecified atom stereocenters. The number of hydrogen-bond acceptors (Lipinski definition) is 4. The Kier molecular flexibility index (Phi) is 5.91. The van der Waals surface area contributed by atoms with Crippen molar-refractivity contribution in [1.29, 1.82) is 0 Å². The zero-order valence-corrected chi connectivity index (χ0v) is 15.8. The number of rotatable bonds is 7. The van der Waals surface area contributed by atoms with E-state index in [1.807, 2.05) is 45.2 Å². The number of thiophene rings is 1. The van der Waals surface area contributed by atoms with Crippen molar-refractivity contribution in [2.75, 3.05) is 6.54 Å². The fourth-order valence-corrected chi connectivity index (χ4v) is 3.36. The number of alkyl carbamates (subject to hydrolysis) is 1. The van der Waals surface area contributed by atoms with Crippen molar-refractivity contribution in [3.05, 3.63) is 22.4 Å². The number of aryl methyl sites for hydroxylation is 1. The second-order valence-electron chi connectivity index (χ2n) is 7.67. The van der Waals surface area contributed by atoms with Crippen LogP contribution in [0.5, 0.6) is 0 Å². The van der Waals surface area contributed by atoms with Gasteiger partial charge >= 0.3 is 6.09 Å². The van der Waals surface area contributed by atoms with Crippen molar-refractivity contribution >= 4 is 23.3 Å². The Labute approximate surface area is 148 Å². The Morgan fingerprint density at radius 3 is 2.54 bits per heavy atom. The zero-order chi connectivity index (χ0) is 17.8.